The van der Waals surface area contributed by atoms with E-state index in [4.69, 9.17) is 4.74 Å². The van der Waals surface area contributed by atoms with Crippen molar-refractivity contribution in [3.8, 4) is 11.5 Å². The normalized spacial score (nSPS) is 10.5. The van der Waals surface area contributed by atoms with Crippen LogP contribution in [0.2, 0.25) is 0 Å². The van der Waals surface area contributed by atoms with Crippen molar-refractivity contribution in [3.63, 3.8) is 0 Å². The Kier molecular flexibility index (Phi) is 4.96. The molecule has 3 nitrogen and oxygen atoms in total. The summed E-state index contributed by atoms with van der Waals surface area (Å²) in [4.78, 5) is 0. The fourth-order valence-corrected chi connectivity index (χ4v) is 1.96. The molecule has 0 aromatic heterocycles. The van der Waals surface area contributed by atoms with Gasteiger partial charge in [-0.2, -0.15) is 0 Å². The molecule has 2 aromatic carbocycles. The average molecular weight is 275 g/mol. The first-order chi connectivity index (χ1) is 9.72. The minimum atomic E-state index is -0.229. The molecule has 0 heterocycles. The van der Waals surface area contributed by atoms with Crippen molar-refractivity contribution in [3.05, 3.63) is 59.4 Å². The number of nitrogens with one attached hydrogen (secondary N) is 1. The van der Waals surface area contributed by atoms with Crippen LogP contribution in [0.3, 0.4) is 0 Å². The highest BCUT2D eigenvalue weighted by Gasteiger charge is 2.07. The molecule has 0 saturated carbocycles. The average Bonchev–Trinajstić information content (AvgIpc) is 2.45. The van der Waals surface area contributed by atoms with Crippen LogP contribution in [0.4, 0.5) is 4.39 Å². The lowest BCUT2D eigenvalue weighted by molar-refractivity contribution is 0.316. The lowest BCUT2D eigenvalue weighted by Crippen LogP contribution is -2.14. The molecule has 0 atom stereocenters. The van der Waals surface area contributed by atoms with Gasteiger partial charge in [-0.25, -0.2) is 4.39 Å². The van der Waals surface area contributed by atoms with E-state index in [1.807, 2.05) is 19.1 Å². The molecule has 2 aromatic rings. The fourth-order valence-electron chi connectivity index (χ4n) is 1.96. The molecule has 0 bridgehead atoms. The number of para-hydroxylation sites is 1. The molecular weight excluding hydrogens is 257 g/mol. The number of halogens is 1. The van der Waals surface area contributed by atoms with Crippen LogP contribution >= 0.6 is 0 Å². The molecule has 106 valence electrons. The van der Waals surface area contributed by atoms with Crippen LogP contribution in [-0.2, 0) is 13.1 Å². The van der Waals surface area contributed by atoms with Crippen LogP contribution in [0.1, 0.15) is 18.1 Å². The zero-order valence-corrected chi connectivity index (χ0v) is 11.4. The molecule has 0 fully saturated rings. The Morgan fingerprint density at radius 2 is 1.75 bits per heavy atom. The number of ether oxygens (including phenoxy) is 1. The van der Waals surface area contributed by atoms with Gasteiger partial charge in [0.15, 0.2) is 11.5 Å². The molecule has 4 heteroatoms. The van der Waals surface area contributed by atoms with Gasteiger partial charge in [-0.05, 0) is 19.1 Å². The topological polar surface area (TPSA) is 41.5 Å². The first-order valence-electron chi connectivity index (χ1n) is 6.60. The fraction of sp³-hybridized carbons (Fsp3) is 0.250. The lowest BCUT2D eigenvalue weighted by atomic mass is 10.1. The number of rotatable bonds is 6. The maximum Gasteiger partial charge on any atom is 0.162 e. The summed E-state index contributed by atoms with van der Waals surface area (Å²) in [5.74, 6) is 0.375. The molecule has 2 rings (SSSR count). The van der Waals surface area contributed by atoms with Gasteiger partial charge in [0.25, 0.3) is 0 Å². The van der Waals surface area contributed by atoms with Crippen molar-refractivity contribution in [2.75, 3.05) is 6.61 Å². The summed E-state index contributed by atoms with van der Waals surface area (Å²) in [5.41, 5.74) is 1.33. The van der Waals surface area contributed by atoms with Gasteiger partial charge in [-0.15, -0.1) is 0 Å². The van der Waals surface area contributed by atoms with E-state index in [-0.39, 0.29) is 11.6 Å². The van der Waals surface area contributed by atoms with E-state index >= 15 is 0 Å². The first kappa shape index (κ1) is 14.3. The highest BCUT2D eigenvalue weighted by Crippen LogP contribution is 2.29. The summed E-state index contributed by atoms with van der Waals surface area (Å²) < 4.78 is 18.8. The van der Waals surface area contributed by atoms with E-state index in [1.165, 1.54) is 6.07 Å². The van der Waals surface area contributed by atoms with Gasteiger partial charge in [0, 0.05) is 24.2 Å². The van der Waals surface area contributed by atoms with Gasteiger partial charge in [0.1, 0.15) is 5.82 Å². The Labute approximate surface area is 118 Å². The molecule has 0 aliphatic heterocycles. The Hall–Kier alpha value is -2.07. The van der Waals surface area contributed by atoms with Gasteiger partial charge in [0.2, 0.25) is 0 Å². The van der Waals surface area contributed by atoms with E-state index in [1.54, 1.807) is 24.3 Å². The van der Waals surface area contributed by atoms with E-state index in [2.05, 4.69) is 5.32 Å². The van der Waals surface area contributed by atoms with E-state index in [0.29, 0.717) is 31.0 Å². The van der Waals surface area contributed by atoms with Crippen LogP contribution < -0.4 is 10.1 Å². The van der Waals surface area contributed by atoms with Crippen molar-refractivity contribution in [2.24, 2.45) is 0 Å². The molecule has 0 aliphatic rings. The molecule has 0 spiro atoms. The van der Waals surface area contributed by atoms with Crippen molar-refractivity contribution >= 4 is 0 Å². The maximum absolute atomic E-state index is 13.4. The Morgan fingerprint density at radius 3 is 2.50 bits per heavy atom. The van der Waals surface area contributed by atoms with Gasteiger partial charge in [-0.1, -0.05) is 30.3 Å². The third-order valence-electron chi connectivity index (χ3n) is 2.97. The standard InChI is InChI=1S/C16H18FNO2/c1-2-20-15-9-5-7-13(16(15)19)11-18-10-12-6-3-4-8-14(12)17/h3-9,18-19H,2,10-11H2,1H3. The van der Waals surface area contributed by atoms with Crippen molar-refractivity contribution < 1.29 is 14.2 Å². The van der Waals surface area contributed by atoms with Crippen molar-refractivity contribution in [2.45, 2.75) is 20.0 Å². The summed E-state index contributed by atoms with van der Waals surface area (Å²) in [5, 5.41) is 13.1. The number of aromatic hydroxyl groups is 1. The van der Waals surface area contributed by atoms with Crippen LogP contribution in [0.15, 0.2) is 42.5 Å². The second kappa shape index (κ2) is 6.91. The van der Waals surface area contributed by atoms with Crippen LogP contribution in [0.5, 0.6) is 11.5 Å². The summed E-state index contributed by atoms with van der Waals surface area (Å²) >= 11 is 0. The van der Waals surface area contributed by atoms with Gasteiger partial charge >= 0.3 is 0 Å². The molecule has 20 heavy (non-hydrogen) atoms. The number of phenolic OH excluding ortho intramolecular Hbond substituents is 1. The predicted molar refractivity (Wildman–Crippen MR) is 76.2 cm³/mol. The first-order valence-corrected chi connectivity index (χ1v) is 6.60. The highest BCUT2D eigenvalue weighted by molar-refractivity contribution is 5.45. The molecule has 0 radical (unpaired) electrons. The Bertz CT molecular complexity index is 572. The van der Waals surface area contributed by atoms with Crippen molar-refractivity contribution in [1.29, 1.82) is 0 Å². The predicted octanol–water partition coefficient (Wildman–Crippen LogP) is 3.22. The zero-order valence-electron chi connectivity index (χ0n) is 11.4. The third-order valence-corrected chi connectivity index (χ3v) is 2.97. The van der Waals surface area contributed by atoms with Gasteiger partial charge in [-0.3, -0.25) is 0 Å². The van der Waals surface area contributed by atoms with Crippen LogP contribution in [0, 0.1) is 5.82 Å². The number of hydrogen-bond donors (Lipinski definition) is 2. The summed E-state index contributed by atoms with van der Waals surface area (Å²) in [7, 11) is 0. The lowest BCUT2D eigenvalue weighted by Gasteiger charge is -2.11. The van der Waals surface area contributed by atoms with E-state index in [0.717, 1.165) is 5.56 Å². The van der Waals surface area contributed by atoms with E-state index in [9.17, 15) is 9.50 Å². The van der Waals surface area contributed by atoms with Crippen molar-refractivity contribution in [1.82, 2.24) is 5.32 Å². The SMILES string of the molecule is CCOc1cccc(CNCc2ccccc2F)c1O. The van der Waals surface area contributed by atoms with E-state index < -0.39 is 0 Å². The second-order valence-electron chi connectivity index (χ2n) is 4.39. The monoisotopic (exact) mass is 275 g/mol. The summed E-state index contributed by atoms with van der Waals surface area (Å²) in [6.45, 7) is 3.22. The quantitative estimate of drug-likeness (QED) is 0.850. The third kappa shape index (κ3) is 3.48. The maximum atomic E-state index is 13.4. The summed E-state index contributed by atoms with van der Waals surface area (Å²) in [6, 6.07) is 12.0. The molecular formula is C16H18FNO2. The smallest absolute Gasteiger partial charge is 0.162 e. The Morgan fingerprint density at radius 1 is 1.05 bits per heavy atom. The largest absolute Gasteiger partial charge is 0.504 e. The minimum absolute atomic E-state index is 0.135. The second-order valence-corrected chi connectivity index (χ2v) is 4.39. The molecule has 0 unspecified atom stereocenters. The van der Waals surface area contributed by atoms with Gasteiger partial charge < -0.3 is 15.2 Å². The zero-order chi connectivity index (χ0) is 14.4. The molecule has 0 amide bonds. The number of benzene rings is 2. The molecule has 0 saturated heterocycles. The van der Waals surface area contributed by atoms with Crippen LogP contribution in [-0.4, -0.2) is 11.7 Å². The number of hydrogen-bond acceptors (Lipinski definition) is 3. The minimum Gasteiger partial charge on any atom is -0.504 e. The van der Waals surface area contributed by atoms with Crippen LogP contribution in [0.25, 0.3) is 0 Å². The number of phenols is 1. The summed E-state index contributed by atoms with van der Waals surface area (Å²) in [6.07, 6.45) is 0. The van der Waals surface area contributed by atoms with Gasteiger partial charge in [0.05, 0.1) is 6.61 Å². The molecule has 0 aliphatic carbocycles. The Balaban J connectivity index is 1.98. The molecule has 2 N–H and O–H groups in total. The highest BCUT2D eigenvalue weighted by atomic mass is 19.1.